The highest BCUT2D eigenvalue weighted by atomic mass is 19.4. The molecule has 6 nitrogen and oxygen atoms in total. The number of alkyl halides is 26. The second-order valence-electron chi connectivity index (χ2n) is 11.3. The van der Waals surface area contributed by atoms with Crippen molar-refractivity contribution in [1.29, 1.82) is 0 Å². The fraction of sp³-hybridized carbons (Fsp3) is 0.583. The Kier molecular flexibility index (Phi) is 9.95. The van der Waals surface area contributed by atoms with Crippen molar-refractivity contribution in [2.24, 2.45) is 0 Å². The monoisotopic (exact) mass is 880 g/mol. The maximum Gasteiger partial charge on any atom is 0.460 e. The molecule has 0 saturated heterocycles. The number of rotatable bonds is 12. The van der Waals surface area contributed by atoms with Crippen molar-refractivity contribution >= 4 is 21.5 Å². The molecule has 0 radical (unpaired) electrons. The first-order valence-corrected chi connectivity index (χ1v) is 13.1. The van der Waals surface area contributed by atoms with Gasteiger partial charge in [0.05, 0.1) is 34.6 Å². The Morgan fingerprint density at radius 1 is 0.304 bits per heavy atom. The van der Waals surface area contributed by atoms with Gasteiger partial charge in [0.15, 0.2) is 0 Å². The molecule has 0 aliphatic carbocycles. The smallest absolute Gasteiger partial charge is 0.269 e. The van der Waals surface area contributed by atoms with Gasteiger partial charge in [-0.05, 0) is 12.1 Å². The zero-order valence-electron chi connectivity index (χ0n) is 24.9. The molecule has 0 aliphatic rings. The summed E-state index contributed by atoms with van der Waals surface area (Å²) in [6.07, 6.45) is -15.6. The number of hydrogen-bond acceptors (Lipinski definition) is 4. The van der Waals surface area contributed by atoms with Crippen molar-refractivity contribution in [3.05, 3.63) is 53.5 Å². The topological polar surface area (TPSA) is 78.1 Å². The minimum Gasteiger partial charge on any atom is -0.269 e. The lowest BCUT2D eigenvalue weighted by Crippen LogP contribution is -2.70. The Bertz CT molecular complexity index is 2020. The van der Waals surface area contributed by atoms with Gasteiger partial charge < -0.3 is 0 Å². The van der Waals surface area contributed by atoms with Crippen molar-refractivity contribution in [1.82, 2.24) is 9.13 Å². The van der Waals surface area contributed by atoms with E-state index in [1.54, 1.807) is 0 Å². The van der Waals surface area contributed by atoms with Crippen molar-refractivity contribution < 1.29 is 114 Å². The average molecular weight is 880 g/mol. The van der Waals surface area contributed by atoms with Crippen molar-refractivity contribution in [2.45, 2.75) is 84.7 Å². The number of hydrogen-bond donors (Lipinski definition) is 0. The van der Waals surface area contributed by atoms with Gasteiger partial charge in [0, 0.05) is 0 Å². The molecule has 0 bridgehead atoms. The molecule has 0 amide bonds. The molecule has 3 rings (SSSR count). The van der Waals surface area contributed by atoms with Gasteiger partial charge >= 0.3 is 71.6 Å². The first kappa shape index (κ1) is 46.1. The summed E-state index contributed by atoms with van der Waals surface area (Å²) in [6, 6.07) is -0.673. The van der Waals surface area contributed by atoms with Crippen molar-refractivity contribution in [3.63, 3.8) is 0 Å². The molecule has 318 valence electrons. The van der Waals surface area contributed by atoms with E-state index >= 15 is 0 Å². The Balaban J connectivity index is 2.17. The summed E-state index contributed by atoms with van der Waals surface area (Å²) in [5.41, 5.74) is -10.4. The van der Waals surface area contributed by atoms with E-state index < -0.39 is 138 Å². The number of nitrogens with zero attached hydrogens (tertiary/aromatic N) is 2. The van der Waals surface area contributed by atoms with Crippen LogP contribution in [-0.2, 0) is 13.1 Å². The Morgan fingerprint density at radius 3 is 0.661 bits per heavy atom. The number of benzene rings is 1. The zero-order valence-corrected chi connectivity index (χ0v) is 24.9. The molecule has 3 aromatic rings. The van der Waals surface area contributed by atoms with Crippen molar-refractivity contribution in [3.8, 4) is 0 Å². The van der Waals surface area contributed by atoms with Crippen LogP contribution in [0.5, 0.6) is 0 Å². The van der Waals surface area contributed by atoms with Gasteiger partial charge in [0.2, 0.25) is 0 Å². The summed E-state index contributed by atoms with van der Waals surface area (Å²) in [6.45, 7) is -7.30. The maximum absolute atomic E-state index is 14.4. The number of fused-ring (bicyclic) bond motifs is 2. The van der Waals surface area contributed by atoms with E-state index in [-0.39, 0.29) is 12.1 Å². The van der Waals surface area contributed by atoms with Crippen LogP contribution in [-0.4, -0.2) is 80.7 Å². The molecule has 0 atom stereocenters. The third kappa shape index (κ3) is 5.70. The average Bonchev–Trinajstić information content (AvgIpc) is 3.37. The third-order valence-electron chi connectivity index (χ3n) is 7.77. The van der Waals surface area contributed by atoms with E-state index in [0.717, 1.165) is 0 Å². The van der Waals surface area contributed by atoms with Crippen LogP contribution in [0.2, 0.25) is 0 Å². The van der Waals surface area contributed by atoms with Crippen LogP contribution in [0, 0.1) is 0 Å². The highest BCUT2D eigenvalue weighted by molar-refractivity contribution is 5.97. The molecule has 0 unspecified atom stereocenters. The highest BCUT2D eigenvalue weighted by Gasteiger charge is 2.92. The first-order valence-electron chi connectivity index (χ1n) is 13.1. The molecule has 0 saturated carbocycles. The SMILES string of the molecule is O=c1c2cc3c(=O)n(CC(F)(F)C(F)(F)C(F)(F)C(F)(F)C(F)(F)C(F)(F)F)c(=O)c3cc2c(=O)n1CC(F)(F)C(F)(F)C(F)(F)C(F)(F)C(F)(F)C(F)(F)F. The lowest BCUT2D eigenvalue weighted by molar-refractivity contribution is -0.440. The lowest BCUT2D eigenvalue weighted by Gasteiger charge is -2.39. The largest absolute Gasteiger partial charge is 0.460 e. The van der Waals surface area contributed by atoms with Gasteiger partial charge in [0.25, 0.3) is 22.2 Å². The van der Waals surface area contributed by atoms with Gasteiger partial charge in [-0.2, -0.15) is 114 Å². The third-order valence-corrected chi connectivity index (χ3v) is 7.77. The van der Waals surface area contributed by atoms with Crippen molar-refractivity contribution in [2.75, 3.05) is 0 Å². The lowest BCUT2D eigenvalue weighted by atomic mass is 9.94. The van der Waals surface area contributed by atoms with Gasteiger partial charge in [-0.15, -0.1) is 0 Å². The minimum absolute atomic E-state index is 0.336. The van der Waals surface area contributed by atoms with E-state index in [4.69, 9.17) is 0 Å². The minimum atomic E-state index is -8.42. The van der Waals surface area contributed by atoms with Crippen LogP contribution in [0.1, 0.15) is 0 Å². The van der Waals surface area contributed by atoms with Gasteiger partial charge in [-0.25, -0.2) is 0 Å². The molecule has 0 spiro atoms. The number of halogens is 26. The summed E-state index contributed by atoms with van der Waals surface area (Å²) in [5.74, 6) is -80.5. The molecule has 56 heavy (non-hydrogen) atoms. The van der Waals surface area contributed by atoms with E-state index in [2.05, 4.69) is 0 Å². The molecule has 2 heterocycles. The number of aromatic nitrogens is 2. The van der Waals surface area contributed by atoms with Crippen LogP contribution < -0.4 is 22.2 Å². The summed E-state index contributed by atoms with van der Waals surface area (Å²) in [4.78, 5) is 50.1. The van der Waals surface area contributed by atoms with Crippen LogP contribution in [0.15, 0.2) is 31.3 Å². The fourth-order valence-corrected chi connectivity index (χ4v) is 4.56. The summed E-state index contributed by atoms with van der Waals surface area (Å²) < 4.78 is 347. The van der Waals surface area contributed by atoms with Crippen LogP contribution in [0.4, 0.5) is 114 Å². The Labute approximate surface area is 284 Å². The Hall–Kier alpha value is -4.32. The molecule has 32 heteroatoms. The molecule has 2 aromatic heterocycles. The molecular weight excluding hydrogens is 874 g/mol. The molecule has 0 aliphatic heterocycles. The zero-order chi connectivity index (χ0) is 44.6. The summed E-state index contributed by atoms with van der Waals surface area (Å²) >= 11 is 0. The van der Waals surface area contributed by atoms with E-state index in [9.17, 15) is 133 Å². The summed E-state index contributed by atoms with van der Waals surface area (Å²) in [5, 5.41) is -6.91. The second kappa shape index (κ2) is 12.1. The van der Waals surface area contributed by atoms with Crippen LogP contribution in [0.3, 0.4) is 0 Å². The van der Waals surface area contributed by atoms with Crippen LogP contribution in [0.25, 0.3) is 21.5 Å². The molecule has 0 fully saturated rings. The van der Waals surface area contributed by atoms with E-state index in [1.807, 2.05) is 0 Å². The van der Waals surface area contributed by atoms with Gasteiger partial charge in [-0.1, -0.05) is 0 Å². The maximum atomic E-state index is 14.4. The highest BCUT2D eigenvalue weighted by Crippen LogP contribution is 2.62. The van der Waals surface area contributed by atoms with Gasteiger partial charge in [-0.3, -0.25) is 28.3 Å². The van der Waals surface area contributed by atoms with E-state index in [0.29, 0.717) is 0 Å². The normalized spacial score (nSPS) is 15.8. The summed E-state index contributed by atoms with van der Waals surface area (Å²) in [7, 11) is 0. The predicted octanol–water partition coefficient (Wildman–Crippen LogP) is 7.39. The Morgan fingerprint density at radius 2 is 0.482 bits per heavy atom. The fourth-order valence-electron chi connectivity index (χ4n) is 4.56. The second-order valence-corrected chi connectivity index (χ2v) is 11.3. The standard InChI is InChI=1S/C24H6F26N2O4/c25-13(26,15(29,30)17(33,34)19(37,38)21(41,42)23(45,46)47)3-51-9(53)5-1-6-8(2-7(5)11(51)55)12(56)52(10(6)54)4-14(27,28)16(31,32)18(35,36)20(39,40)22(43,44)24(48,49)50/h1-2H,3-4H2. The quantitative estimate of drug-likeness (QED) is 0.178. The molecular formula is C24H6F26N2O4. The van der Waals surface area contributed by atoms with E-state index in [1.165, 1.54) is 0 Å². The van der Waals surface area contributed by atoms with Crippen LogP contribution >= 0.6 is 0 Å². The van der Waals surface area contributed by atoms with Gasteiger partial charge in [0.1, 0.15) is 0 Å². The molecule has 0 N–H and O–H groups in total. The predicted molar refractivity (Wildman–Crippen MR) is 126 cm³/mol. The first-order chi connectivity index (χ1) is 24.3. The molecule has 1 aromatic carbocycles.